The number of ether oxygens (including phenoxy) is 1. The van der Waals surface area contributed by atoms with Gasteiger partial charge in [-0.05, 0) is 24.6 Å². The van der Waals surface area contributed by atoms with E-state index in [1.165, 1.54) is 13.2 Å². The van der Waals surface area contributed by atoms with Crippen molar-refractivity contribution in [1.82, 2.24) is 19.4 Å². The topological polar surface area (TPSA) is 84.7 Å². The zero-order valence-corrected chi connectivity index (χ0v) is 17.4. The number of piperidine rings is 1. The summed E-state index contributed by atoms with van der Waals surface area (Å²) in [5.74, 6) is -0.305. The van der Waals surface area contributed by atoms with Gasteiger partial charge in [0, 0.05) is 57.3 Å². The summed E-state index contributed by atoms with van der Waals surface area (Å²) in [6.45, 7) is 2.02. The minimum absolute atomic E-state index is 0.0371. The highest BCUT2D eigenvalue weighted by molar-refractivity contribution is 5.87. The van der Waals surface area contributed by atoms with E-state index in [2.05, 4.69) is 9.88 Å². The van der Waals surface area contributed by atoms with Crippen molar-refractivity contribution in [3.8, 4) is 0 Å². The van der Waals surface area contributed by atoms with Gasteiger partial charge in [0.15, 0.2) is 0 Å². The fourth-order valence-electron chi connectivity index (χ4n) is 4.75. The van der Waals surface area contributed by atoms with Gasteiger partial charge in [-0.15, -0.1) is 0 Å². The van der Waals surface area contributed by atoms with Gasteiger partial charge in [-0.1, -0.05) is 12.1 Å². The summed E-state index contributed by atoms with van der Waals surface area (Å²) in [5.41, 5.74) is 1.85. The van der Waals surface area contributed by atoms with E-state index < -0.39 is 12.0 Å². The number of esters is 1. The van der Waals surface area contributed by atoms with Crippen molar-refractivity contribution in [2.24, 2.45) is 5.92 Å². The van der Waals surface area contributed by atoms with Gasteiger partial charge in [0.1, 0.15) is 11.7 Å². The van der Waals surface area contributed by atoms with Crippen LogP contribution in [-0.4, -0.2) is 65.5 Å². The lowest BCUT2D eigenvalue weighted by molar-refractivity contribution is -0.135. The smallest absolute Gasteiger partial charge is 0.356 e. The zero-order chi connectivity index (χ0) is 21.4. The number of carbonyl (C=O) groups excluding carboxylic acids is 2. The van der Waals surface area contributed by atoms with Gasteiger partial charge in [0.2, 0.25) is 5.91 Å². The molecule has 30 heavy (non-hydrogen) atoms. The second kappa shape index (κ2) is 8.02. The minimum atomic E-state index is -0.503. The predicted octanol–water partition coefficient (Wildman–Crippen LogP) is 1.28. The molecule has 0 spiro atoms. The van der Waals surface area contributed by atoms with Crippen LogP contribution < -0.4 is 5.56 Å². The van der Waals surface area contributed by atoms with Crippen LogP contribution >= 0.6 is 0 Å². The normalized spacial score (nSPS) is 22.8. The molecular weight excluding hydrogens is 384 g/mol. The Morgan fingerprint density at radius 3 is 2.67 bits per heavy atom. The van der Waals surface area contributed by atoms with Crippen molar-refractivity contribution in [1.29, 1.82) is 0 Å². The summed E-state index contributed by atoms with van der Waals surface area (Å²) < 4.78 is 6.47. The number of likely N-dealkylation sites (tertiary alicyclic amines) is 1. The molecule has 8 heteroatoms. The van der Waals surface area contributed by atoms with E-state index in [0.29, 0.717) is 13.1 Å². The van der Waals surface area contributed by atoms with Gasteiger partial charge in [-0.3, -0.25) is 19.1 Å². The molecule has 0 N–H and O–H groups in total. The largest absolute Gasteiger partial charge is 0.464 e. The molecule has 1 amide bonds. The van der Waals surface area contributed by atoms with E-state index in [4.69, 9.17) is 4.74 Å². The first-order chi connectivity index (χ1) is 14.4. The lowest BCUT2D eigenvalue weighted by Crippen LogP contribution is -2.53. The Kier molecular flexibility index (Phi) is 5.42. The Bertz CT molecular complexity index is 1030. The molecule has 2 bridgehead atoms. The van der Waals surface area contributed by atoms with Crippen molar-refractivity contribution in [2.45, 2.75) is 24.9 Å². The lowest BCUT2D eigenvalue weighted by atomic mass is 9.78. The van der Waals surface area contributed by atoms with Gasteiger partial charge in [-0.2, -0.15) is 0 Å². The van der Waals surface area contributed by atoms with Gasteiger partial charge < -0.3 is 9.64 Å². The average molecular weight is 410 g/mol. The van der Waals surface area contributed by atoms with Crippen LogP contribution in [0.1, 0.15) is 40.3 Å². The second-order valence-electron chi connectivity index (χ2n) is 8.23. The number of nitrogens with zero attached hydrogens (tertiary/aromatic N) is 4. The number of hydrogen-bond acceptors (Lipinski definition) is 6. The molecule has 0 unspecified atom stereocenters. The number of hydrogen-bond donors (Lipinski definition) is 0. The van der Waals surface area contributed by atoms with Gasteiger partial charge in [0.25, 0.3) is 5.56 Å². The molecule has 2 aliphatic rings. The van der Waals surface area contributed by atoms with E-state index >= 15 is 0 Å². The standard InChI is InChI=1S/C22H26N4O4/c1-24(2)21(28)20-15-10-14(18-8-5-9-19(27)26(18)20)11-25(12-15)13-16-6-4-7-17(23-16)22(29)30-3/h4-9,14-15,20H,10-13H2,1-3H3/t14-,15+,20-/m1/s1. The maximum absolute atomic E-state index is 13.0. The molecule has 0 radical (unpaired) electrons. The van der Waals surface area contributed by atoms with Crippen LogP contribution in [0.4, 0.5) is 0 Å². The minimum Gasteiger partial charge on any atom is -0.464 e. The molecule has 2 aromatic heterocycles. The van der Waals surface area contributed by atoms with Crippen LogP contribution in [0, 0.1) is 5.92 Å². The Hall–Kier alpha value is -3.00. The Morgan fingerprint density at radius 2 is 1.93 bits per heavy atom. The van der Waals surface area contributed by atoms with Crippen molar-refractivity contribution < 1.29 is 14.3 Å². The van der Waals surface area contributed by atoms with E-state index in [-0.39, 0.29) is 29.0 Å². The number of fused-ring (bicyclic) bond motifs is 4. The summed E-state index contributed by atoms with van der Waals surface area (Å²) in [5, 5.41) is 0. The number of rotatable bonds is 4. The first-order valence-corrected chi connectivity index (χ1v) is 10.1. The third kappa shape index (κ3) is 3.63. The van der Waals surface area contributed by atoms with Crippen LogP contribution in [0.2, 0.25) is 0 Å². The Balaban J connectivity index is 1.64. The number of carbonyl (C=O) groups is 2. The number of pyridine rings is 2. The van der Waals surface area contributed by atoms with Gasteiger partial charge >= 0.3 is 5.97 Å². The predicted molar refractivity (Wildman–Crippen MR) is 110 cm³/mol. The molecule has 1 saturated heterocycles. The number of likely N-dealkylation sites (N-methyl/N-ethyl adjacent to an activating group) is 1. The molecule has 0 aliphatic carbocycles. The van der Waals surface area contributed by atoms with E-state index in [1.54, 1.807) is 41.8 Å². The van der Waals surface area contributed by atoms with Gasteiger partial charge in [-0.25, -0.2) is 9.78 Å². The summed E-state index contributed by atoms with van der Waals surface area (Å²) in [6, 6.07) is 10.1. The molecule has 0 saturated carbocycles. The number of methoxy groups -OCH3 is 1. The van der Waals surface area contributed by atoms with E-state index in [1.807, 2.05) is 12.1 Å². The summed E-state index contributed by atoms with van der Waals surface area (Å²) >= 11 is 0. The monoisotopic (exact) mass is 410 g/mol. The fourth-order valence-corrected chi connectivity index (χ4v) is 4.75. The number of amides is 1. The van der Waals surface area contributed by atoms with E-state index in [9.17, 15) is 14.4 Å². The summed E-state index contributed by atoms with van der Waals surface area (Å²) in [6.07, 6.45) is 0.875. The van der Waals surface area contributed by atoms with Crippen LogP contribution in [0.25, 0.3) is 0 Å². The summed E-state index contributed by atoms with van der Waals surface area (Å²) in [4.78, 5) is 45.7. The van der Waals surface area contributed by atoms with Crippen LogP contribution in [0.5, 0.6) is 0 Å². The maximum Gasteiger partial charge on any atom is 0.356 e. The Labute approximate surface area is 175 Å². The lowest BCUT2D eigenvalue weighted by Gasteiger charge is -2.46. The SMILES string of the molecule is COC(=O)c1cccc(CN2C[C@H]3C[C@@H](C2)[C@H](C(=O)N(C)C)n2c3cccc2=O)n1. The van der Waals surface area contributed by atoms with Crippen molar-refractivity contribution in [3.05, 3.63) is 63.8 Å². The van der Waals surface area contributed by atoms with Crippen molar-refractivity contribution >= 4 is 11.9 Å². The molecule has 8 nitrogen and oxygen atoms in total. The Morgan fingerprint density at radius 1 is 1.17 bits per heavy atom. The first kappa shape index (κ1) is 20.3. The fraction of sp³-hybridized carbons (Fsp3) is 0.455. The van der Waals surface area contributed by atoms with Crippen LogP contribution in [0.3, 0.4) is 0 Å². The molecule has 0 aromatic carbocycles. The number of aromatic nitrogens is 2. The molecule has 2 aliphatic heterocycles. The average Bonchev–Trinajstić information content (AvgIpc) is 2.73. The third-order valence-electron chi connectivity index (χ3n) is 6.00. The maximum atomic E-state index is 13.0. The molecule has 4 rings (SSSR count). The van der Waals surface area contributed by atoms with Crippen molar-refractivity contribution in [3.63, 3.8) is 0 Å². The quantitative estimate of drug-likeness (QED) is 0.706. The molecule has 1 fully saturated rings. The highest BCUT2D eigenvalue weighted by Crippen LogP contribution is 2.41. The molecule has 4 heterocycles. The molecule has 158 valence electrons. The second-order valence-corrected chi connectivity index (χ2v) is 8.23. The highest BCUT2D eigenvalue weighted by atomic mass is 16.5. The third-order valence-corrected chi connectivity index (χ3v) is 6.00. The van der Waals surface area contributed by atoms with Gasteiger partial charge in [0.05, 0.1) is 12.8 Å². The van der Waals surface area contributed by atoms with Crippen molar-refractivity contribution in [2.75, 3.05) is 34.3 Å². The summed E-state index contributed by atoms with van der Waals surface area (Å²) in [7, 11) is 4.79. The van der Waals surface area contributed by atoms with Crippen LogP contribution in [0.15, 0.2) is 41.2 Å². The van der Waals surface area contributed by atoms with E-state index in [0.717, 1.165) is 24.4 Å². The zero-order valence-electron chi connectivity index (χ0n) is 17.4. The highest BCUT2D eigenvalue weighted by Gasteiger charge is 2.44. The molecular formula is C22H26N4O4. The molecule has 2 aromatic rings. The van der Waals surface area contributed by atoms with Crippen LogP contribution in [-0.2, 0) is 16.1 Å². The molecule has 3 atom stereocenters. The first-order valence-electron chi connectivity index (χ1n) is 10.1.